The maximum atomic E-state index is 13.6. The average molecular weight is 328 g/mol. The van der Waals surface area contributed by atoms with Crippen LogP contribution in [-0.4, -0.2) is 37.5 Å². The number of halogens is 1. The third-order valence-electron chi connectivity index (χ3n) is 3.90. The normalized spacial score (nSPS) is 13.6. The van der Waals surface area contributed by atoms with E-state index in [0.717, 1.165) is 0 Å². The molecule has 8 nitrogen and oxygen atoms in total. The van der Waals surface area contributed by atoms with Crippen molar-refractivity contribution in [2.75, 3.05) is 7.05 Å². The van der Waals surface area contributed by atoms with Gasteiger partial charge >= 0.3 is 0 Å². The minimum absolute atomic E-state index is 0.129. The lowest BCUT2D eigenvalue weighted by Gasteiger charge is -2.14. The van der Waals surface area contributed by atoms with E-state index in [2.05, 4.69) is 15.1 Å². The number of rotatable bonds is 2. The van der Waals surface area contributed by atoms with Gasteiger partial charge in [-0.1, -0.05) is 5.16 Å². The van der Waals surface area contributed by atoms with Crippen molar-refractivity contribution in [2.24, 2.45) is 5.73 Å². The predicted octanol–water partition coefficient (Wildman–Crippen LogP) is 1.11. The molecule has 2 N–H and O–H groups in total. The average Bonchev–Trinajstić information content (AvgIpc) is 3.18. The molecule has 0 bridgehead atoms. The van der Waals surface area contributed by atoms with Gasteiger partial charge < -0.3 is 15.2 Å². The molecule has 0 atom stereocenters. The van der Waals surface area contributed by atoms with Crippen LogP contribution in [0.3, 0.4) is 0 Å². The molecule has 0 radical (unpaired) electrons. The Balaban J connectivity index is 1.92. The molecule has 0 saturated carbocycles. The van der Waals surface area contributed by atoms with Crippen LogP contribution in [0, 0.1) is 5.82 Å². The Kier molecular flexibility index (Phi) is 3.17. The number of nitrogens with zero attached hydrogens (tertiary/aromatic N) is 5. The van der Waals surface area contributed by atoms with Crippen LogP contribution in [0.1, 0.15) is 21.9 Å². The molecule has 3 heterocycles. The zero-order valence-corrected chi connectivity index (χ0v) is 12.7. The monoisotopic (exact) mass is 328 g/mol. The third kappa shape index (κ3) is 2.09. The molecule has 1 aromatic carbocycles. The molecule has 0 unspecified atom stereocenters. The summed E-state index contributed by atoms with van der Waals surface area (Å²) in [5, 5.41) is 3.88. The van der Waals surface area contributed by atoms with Crippen LogP contribution in [0.5, 0.6) is 0 Å². The number of carbonyl (C=O) groups is 1. The van der Waals surface area contributed by atoms with Crippen molar-refractivity contribution < 1.29 is 13.7 Å². The van der Waals surface area contributed by atoms with Gasteiger partial charge in [0.05, 0.1) is 30.0 Å². The molecule has 0 aliphatic carbocycles. The van der Waals surface area contributed by atoms with Crippen molar-refractivity contribution >= 4 is 5.91 Å². The highest BCUT2D eigenvalue weighted by molar-refractivity contribution is 5.98. The highest BCUT2D eigenvalue weighted by Gasteiger charge is 2.28. The van der Waals surface area contributed by atoms with Crippen molar-refractivity contribution in [1.82, 2.24) is 24.6 Å². The Morgan fingerprint density at radius 1 is 1.42 bits per heavy atom. The molecule has 3 aromatic rings. The van der Waals surface area contributed by atoms with Crippen LogP contribution >= 0.6 is 0 Å². The van der Waals surface area contributed by atoms with E-state index in [0.29, 0.717) is 28.8 Å². The Labute approximate surface area is 135 Å². The van der Waals surface area contributed by atoms with E-state index < -0.39 is 5.82 Å². The smallest absolute Gasteiger partial charge is 0.256 e. The molecule has 1 aliphatic rings. The van der Waals surface area contributed by atoms with E-state index in [9.17, 15) is 9.18 Å². The fourth-order valence-electron chi connectivity index (χ4n) is 2.74. The quantitative estimate of drug-likeness (QED) is 0.756. The van der Waals surface area contributed by atoms with Crippen LogP contribution in [0.2, 0.25) is 0 Å². The number of carbonyl (C=O) groups excluding carboxylic acids is 1. The minimum atomic E-state index is -0.468. The molecule has 1 aliphatic heterocycles. The van der Waals surface area contributed by atoms with Gasteiger partial charge in [0.2, 0.25) is 11.7 Å². The standard InChI is InChI=1S/C15H13FN6O2/c1-21-6-11-13(14-19-12(5-17)24-20-14)18-7-22(11)10-3-2-8(16)4-9(10)15(21)23/h2-4,7H,5-6,17H2,1H3. The van der Waals surface area contributed by atoms with Crippen molar-refractivity contribution in [3.63, 3.8) is 0 Å². The summed E-state index contributed by atoms with van der Waals surface area (Å²) in [6, 6.07) is 4.09. The lowest BCUT2D eigenvalue weighted by Crippen LogP contribution is -2.25. The molecule has 9 heteroatoms. The van der Waals surface area contributed by atoms with Crippen LogP contribution in [0.15, 0.2) is 29.0 Å². The molecule has 0 fully saturated rings. The second kappa shape index (κ2) is 5.24. The van der Waals surface area contributed by atoms with Crippen molar-refractivity contribution in [3.8, 4) is 17.2 Å². The highest BCUT2D eigenvalue weighted by atomic mass is 19.1. The van der Waals surface area contributed by atoms with Gasteiger partial charge in [-0.05, 0) is 18.2 Å². The SMILES string of the molecule is CN1Cc2c(-c3noc(CN)n3)ncn2-c2ccc(F)cc2C1=O. The maximum Gasteiger partial charge on any atom is 0.256 e. The summed E-state index contributed by atoms with van der Waals surface area (Å²) < 4.78 is 20.3. The Morgan fingerprint density at radius 3 is 3.00 bits per heavy atom. The van der Waals surface area contributed by atoms with Gasteiger partial charge in [-0.15, -0.1) is 0 Å². The predicted molar refractivity (Wildman–Crippen MR) is 80.5 cm³/mol. The Morgan fingerprint density at radius 2 is 2.25 bits per heavy atom. The number of amides is 1. The number of aromatic nitrogens is 4. The van der Waals surface area contributed by atoms with Crippen LogP contribution in [-0.2, 0) is 13.1 Å². The minimum Gasteiger partial charge on any atom is -0.338 e. The second-order valence-corrected chi connectivity index (χ2v) is 5.45. The number of imidazole rings is 1. The molecule has 0 saturated heterocycles. The molecule has 4 rings (SSSR count). The topological polar surface area (TPSA) is 103 Å². The summed E-state index contributed by atoms with van der Waals surface area (Å²) in [6.45, 7) is 0.403. The molecule has 24 heavy (non-hydrogen) atoms. The van der Waals surface area contributed by atoms with Crippen LogP contribution in [0.4, 0.5) is 4.39 Å². The van der Waals surface area contributed by atoms with Gasteiger partial charge in [0.1, 0.15) is 17.8 Å². The lowest BCUT2D eigenvalue weighted by molar-refractivity contribution is 0.0787. The van der Waals surface area contributed by atoms with Crippen LogP contribution < -0.4 is 5.73 Å². The van der Waals surface area contributed by atoms with E-state index in [4.69, 9.17) is 10.3 Å². The summed E-state index contributed by atoms with van der Waals surface area (Å²) in [6.07, 6.45) is 1.56. The second-order valence-electron chi connectivity index (χ2n) is 5.45. The summed E-state index contributed by atoms with van der Waals surface area (Å²) >= 11 is 0. The summed E-state index contributed by atoms with van der Waals surface area (Å²) in [7, 11) is 1.64. The van der Waals surface area contributed by atoms with E-state index in [1.807, 2.05) is 0 Å². The van der Waals surface area contributed by atoms with Gasteiger partial charge in [0.25, 0.3) is 5.91 Å². The summed E-state index contributed by atoms with van der Waals surface area (Å²) in [5.74, 6) is -0.136. The number of benzene rings is 1. The zero-order valence-electron chi connectivity index (χ0n) is 12.7. The number of nitrogens with two attached hydrogens (primary N) is 1. The molecule has 1 amide bonds. The first-order valence-corrected chi connectivity index (χ1v) is 7.23. The summed E-state index contributed by atoms with van der Waals surface area (Å²) in [5.41, 5.74) is 7.52. The van der Waals surface area contributed by atoms with Crippen LogP contribution in [0.25, 0.3) is 17.2 Å². The van der Waals surface area contributed by atoms with Gasteiger partial charge in [-0.25, -0.2) is 9.37 Å². The van der Waals surface area contributed by atoms with Crippen molar-refractivity contribution in [3.05, 3.63) is 47.5 Å². The van der Waals surface area contributed by atoms with Gasteiger partial charge in [-0.3, -0.25) is 9.36 Å². The first-order chi connectivity index (χ1) is 11.6. The Hall–Kier alpha value is -3.07. The van der Waals surface area contributed by atoms with E-state index in [1.54, 1.807) is 24.0 Å². The molecule has 0 spiro atoms. The zero-order chi connectivity index (χ0) is 16.8. The third-order valence-corrected chi connectivity index (χ3v) is 3.90. The molecular formula is C15H13FN6O2. The van der Waals surface area contributed by atoms with E-state index in [1.165, 1.54) is 17.0 Å². The van der Waals surface area contributed by atoms with Gasteiger partial charge in [0, 0.05) is 7.05 Å². The van der Waals surface area contributed by atoms with Gasteiger partial charge in [-0.2, -0.15) is 4.98 Å². The maximum absolute atomic E-state index is 13.6. The fourth-order valence-corrected chi connectivity index (χ4v) is 2.74. The summed E-state index contributed by atoms with van der Waals surface area (Å²) in [4.78, 5) is 22.5. The first kappa shape index (κ1) is 14.5. The lowest BCUT2D eigenvalue weighted by atomic mass is 10.1. The first-order valence-electron chi connectivity index (χ1n) is 7.23. The van der Waals surface area contributed by atoms with Crippen molar-refractivity contribution in [2.45, 2.75) is 13.1 Å². The molecular weight excluding hydrogens is 315 g/mol. The van der Waals surface area contributed by atoms with Gasteiger partial charge in [0.15, 0.2) is 0 Å². The van der Waals surface area contributed by atoms with Crippen molar-refractivity contribution in [1.29, 1.82) is 0 Å². The highest BCUT2D eigenvalue weighted by Crippen LogP contribution is 2.29. The fraction of sp³-hybridized carbons (Fsp3) is 0.200. The molecule has 122 valence electrons. The van der Waals surface area contributed by atoms with E-state index in [-0.39, 0.29) is 24.6 Å². The number of fused-ring (bicyclic) bond motifs is 3. The number of hydrogen-bond acceptors (Lipinski definition) is 6. The molecule has 2 aromatic heterocycles. The number of hydrogen-bond donors (Lipinski definition) is 1. The van der Waals surface area contributed by atoms with E-state index >= 15 is 0 Å². The largest absolute Gasteiger partial charge is 0.338 e. The Bertz CT molecular complexity index is 947.